The van der Waals surface area contributed by atoms with Gasteiger partial charge in [-0.3, -0.25) is 9.47 Å². The third kappa shape index (κ3) is 5.10. The van der Waals surface area contributed by atoms with E-state index in [9.17, 15) is 18.8 Å². The van der Waals surface area contributed by atoms with E-state index in [0.29, 0.717) is 42.3 Å². The summed E-state index contributed by atoms with van der Waals surface area (Å²) in [6.07, 6.45) is 5.59. The molecule has 1 N–H and O–H groups in total. The Bertz CT molecular complexity index is 1570. The Labute approximate surface area is 217 Å². The lowest BCUT2D eigenvalue weighted by Crippen LogP contribution is -2.34. The topological polar surface area (TPSA) is 74.0 Å². The number of aromatic nitrogens is 2. The minimum absolute atomic E-state index is 0.200. The normalized spacial score (nSPS) is 13.6. The number of fused-ring (bicyclic) bond motifs is 3. The Kier molecular flexibility index (Phi) is 6.99. The zero-order valence-corrected chi connectivity index (χ0v) is 20.5. The molecule has 0 saturated heterocycles. The van der Waals surface area contributed by atoms with Gasteiger partial charge in [-0.25, -0.2) is 18.6 Å². The molecule has 1 amide bonds. The number of hydrogen-bond acceptors (Lipinski definition) is 4. The largest absolute Gasteiger partial charge is 0.333 e. The first-order chi connectivity index (χ1) is 17.9. The molecule has 1 aliphatic heterocycles. The maximum atomic E-state index is 14.0. The first-order valence-electron chi connectivity index (χ1n) is 11.7. The van der Waals surface area contributed by atoms with Gasteiger partial charge in [-0.05, 0) is 41.5 Å². The first-order valence-corrected chi connectivity index (χ1v) is 12.1. The number of hydrogen-bond donors (Lipinski definition) is 1. The van der Waals surface area contributed by atoms with E-state index in [-0.39, 0.29) is 18.1 Å². The van der Waals surface area contributed by atoms with Crippen LogP contribution in [0.1, 0.15) is 27.9 Å². The average molecular weight is 518 g/mol. The zero-order valence-electron chi connectivity index (χ0n) is 19.7. The number of carbonyl (C=O) groups is 1. The lowest BCUT2D eigenvalue weighted by atomic mass is 10.0. The average Bonchev–Trinajstić information content (AvgIpc) is 3.22. The number of halogens is 3. The van der Waals surface area contributed by atoms with Gasteiger partial charge in [-0.15, -0.1) is 0 Å². The molecule has 4 aromatic rings. The predicted molar refractivity (Wildman–Crippen MR) is 138 cm³/mol. The second-order valence-corrected chi connectivity index (χ2v) is 9.17. The summed E-state index contributed by atoms with van der Waals surface area (Å²) in [5.74, 6) is -1.74. The van der Waals surface area contributed by atoms with Crippen LogP contribution in [0, 0.1) is 23.0 Å². The van der Waals surface area contributed by atoms with Gasteiger partial charge in [0, 0.05) is 55.4 Å². The molecule has 6 nitrogen and oxygen atoms in total. The predicted octanol–water partition coefficient (Wildman–Crippen LogP) is 5.67. The van der Waals surface area contributed by atoms with Crippen molar-refractivity contribution in [2.75, 3.05) is 13.1 Å². The van der Waals surface area contributed by atoms with Crippen LogP contribution in [0.3, 0.4) is 0 Å². The molecule has 0 radical (unpaired) electrons. The van der Waals surface area contributed by atoms with Crippen molar-refractivity contribution in [1.82, 2.24) is 19.8 Å². The monoisotopic (exact) mass is 517 g/mol. The molecule has 0 saturated carbocycles. The van der Waals surface area contributed by atoms with Crippen LogP contribution < -0.4 is 5.32 Å². The summed E-state index contributed by atoms with van der Waals surface area (Å²) < 4.78 is 29.1. The summed E-state index contributed by atoms with van der Waals surface area (Å²) in [7, 11) is 0. The lowest BCUT2D eigenvalue weighted by molar-refractivity contribution is 0.240. The van der Waals surface area contributed by atoms with Crippen molar-refractivity contribution in [2.45, 2.75) is 19.5 Å². The van der Waals surface area contributed by atoms with Crippen molar-refractivity contribution < 1.29 is 13.6 Å². The van der Waals surface area contributed by atoms with Crippen LogP contribution in [0.4, 0.5) is 13.6 Å². The first kappa shape index (κ1) is 24.6. The van der Waals surface area contributed by atoms with E-state index in [4.69, 9.17) is 11.6 Å². The highest BCUT2D eigenvalue weighted by molar-refractivity contribution is 6.29. The molecular formula is C28H22ClF2N5O. The van der Waals surface area contributed by atoms with E-state index in [0.717, 1.165) is 28.3 Å². The summed E-state index contributed by atoms with van der Waals surface area (Å²) in [6, 6.07) is 14.8. The van der Waals surface area contributed by atoms with Crippen LogP contribution in [-0.2, 0) is 19.5 Å². The fraction of sp³-hybridized carbons (Fsp3) is 0.179. The van der Waals surface area contributed by atoms with Gasteiger partial charge in [0.05, 0.1) is 17.1 Å². The molecule has 9 heteroatoms. The highest BCUT2D eigenvalue weighted by Crippen LogP contribution is 2.31. The van der Waals surface area contributed by atoms with Gasteiger partial charge in [0.1, 0.15) is 5.15 Å². The molecule has 0 bridgehead atoms. The van der Waals surface area contributed by atoms with E-state index in [1.54, 1.807) is 41.1 Å². The van der Waals surface area contributed by atoms with E-state index in [2.05, 4.69) is 21.3 Å². The number of nitrogens with one attached hydrogen (secondary N) is 1. The molecule has 3 heterocycles. The van der Waals surface area contributed by atoms with Gasteiger partial charge in [0.2, 0.25) is 0 Å². The summed E-state index contributed by atoms with van der Waals surface area (Å²) >= 11 is 5.96. The van der Waals surface area contributed by atoms with E-state index < -0.39 is 11.6 Å². The number of pyridine rings is 1. The summed E-state index contributed by atoms with van der Waals surface area (Å²) in [5, 5.41) is 13.6. The zero-order chi connectivity index (χ0) is 25.9. The molecule has 186 valence electrons. The number of rotatable bonds is 5. The minimum atomic E-state index is -0.875. The van der Waals surface area contributed by atoms with E-state index in [1.807, 2.05) is 12.1 Å². The van der Waals surface area contributed by atoms with Crippen LogP contribution in [0.15, 0.2) is 60.8 Å². The number of amides is 1. The Hall–Kier alpha value is -4.06. The molecule has 0 unspecified atom stereocenters. The van der Waals surface area contributed by atoms with Crippen molar-refractivity contribution in [3.05, 3.63) is 106 Å². The second kappa shape index (κ2) is 10.5. The number of nitrogens with zero attached hydrogens (tertiary/aromatic N) is 4. The Morgan fingerprint density at radius 2 is 2.08 bits per heavy atom. The Morgan fingerprint density at radius 3 is 2.89 bits per heavy atom. The minimum Gasteiger partial charge on any atom is -0.333 e. The fourth-order valence-electron chi connectivity index (χ4n) is 4.66. The van der Waals surface area contributed by atoms with Crippen molar-refractivity contribution in [3.63, 3.8) is 0 Å². The van der Waals surface area contributed by atoms with Crippen LogP contribution in [0.5, 0.6) is 0 Å². The van der Waals surface area contributed by atoms with E-state index >= 15 is 0 Å². The van der Waals surface area contributed by atoms with Gasteiger partial charge >= 0.3 is 6.03 Å². The number of carbonyl (C=O) groups excluding carboxylic acids is 1. The highest BCUT2D eigenvalue weighted by atomic mass is 35.5. The van der Waals surface area contributed by atoms with Crippen LogP contribution in [0.2, 0.25) is 5.15 Å². The molecule has 2 aromatic heterocycles. The standard InChI is InChI=1S/C28H22ClF2N5O/c29-26-14-19(8-10-33-26)16-34-28(37)36-24-9-12-35(11-2-4-20-3-1-5-23(30)27(20)31)17-22(24)21-7-6-18(15-32)13-25(21)36/h1-8,10,13-14H,9,11-12,16-17H2,(H,34,37)/b4-2+. The molecule has 5 rings (SSSR count). The maximum absolute atomic E-state index is 14.0. The van der Waals surface area contributed by atoms with Gasteiger partial charge in [-0.2, -0.15) is 5.26 Å². The molecule has 0 atom stereocenters. The van der Waals surface area contributed by atoms with Crippen LogP contribution in [0.25, 0.3) is 17.0 Å². The Balaban J connectivity index is 1.40. The number of nitriles is 1. The molecule has 0 fully saturated rings. The van der Waals surface area contributed by atoms with Gasteiger partial charge < -0.3 is 5.32 Å². The third-order valence-corrected chi connectivity index (χ3v) is 6.64. The Morgan fingerprint density at radius 1 is 1.22 bits per heavy atom. The highest BCUT2D eigenvalue weighted by Gasteiger charge is 2.26. The van der Waals surface area contributed by atoms with Crippen molar-refractivity contribution in [2.24, 2.45) is 0 Å². The summed E-state index contributed by atoms with van der Waals surface area (Å²) in [4.78, 5) is 19.5. The SMILES string of the molecule is N#Cc1ccc2c3c(n(C(=O)NCc4ccnc(Cl)c4)c2c1)CCN(C/C=C/c1cccc(F)c1F)C3. The molecular weight excluding hydrogens is 496 g/mol. The molecule has 0 spiro atoms. The van der Waals surface area contributed by atoms with Gasteiger partial charge in [-0.1, -0.05) is 42.0 Å². The summed E-state index contributed by atoms with van der Waals surface area (Å²) in [5.41, 5.74) is 4.07. The smallest absolute Gasteiger partial charge is 0.326 e. The molecule has 2 aromatic carbocycles. The summed E-state index contributed by atoms with van der Waals surface area (Å²) in [6.45, 7) is 2.07. The molecule has 0 aliphatic carbocycles. The lowest BCUT2D eigenvalue weighted by Gasteiger charge is -2.27. The quantitative estimate of drug-likeness (QED) is 0.346. The fourth-order valence-corrected chi connectivity index (χ4v) is 4.85. The third-order valence-electron chi connectivity index (χ3n) is 6.44. The van der Waals surface area contributed by atoms with Crippen molar-refractivity contribution >= 4 is 34.6 Å². The van der Waals surface area contributed by atoms with Crippen molar-refractivity contribution in [3.8, 4) is 6.07 Å². The van der Waals surface area contributed by atoms with Crippen LogP contribution >= 0.6 is 11.6 Å². The number of benzene rings is 2. The van der Waals surface area contributed by atoms with Crippen molar-refractivity contribution in [1.29, 1.82) is 5.26 Å². The second-order valence-electron chi connectivity index (χ2n) is 8.78. The van der Waals surface area contributed by atoms with Crippen LogP contribution in [-0.4, -0.2) is 33.6 Å². The molecule has 37 heavy (non-hydrogen) atoms. The van der Waals surface area contributed by atoms with Gasteiger partial charge in [0.15, 0.2) is 11.6 Å². The van der Waals surface area contributed by atoms with Gasteiger partial charge in [0.25, 0.3) is 0 Å². The maximum Gasteiger partial charge on any atom is 0.326 e. The molecule has 1 aliphatic rings. The van der Waals surface area contributed by atoms with E-state index in [1.165, 1.54) is 12.1 Å².